The zero-order chi connectivity index (χ0) is 27.4. The van der Waals surface area contributed by atoms with Crippen LogP contribution >= 0.6 is 0 Å². The van der Waals surface area contributed by atoms with Crippen molar-refractivity contribution in [3.8, 4) is 0 Å². The minimum absolute atomic E-state index is 0.240. The number of hydrogen-bond donors (Lipinski definition) is 0. The Morgan fingerprint density at radius 1 is 0.514 bits per heavy atom. The molecule has 0 saturated carbocycles. The summed E-state index contributed by atoms with van der Waals surface area (Å²) in [5.41, 5.74) is 0. The topological polar surface area (TPSA) is 98.8 Å². The van der Waals surface area contributed by atoms with E-state index < -0.39 is 11.9 Å². The Morgan fingerprint density at radius 2 is 0.838 bits per heavy atom. The van der Waals surface area contributed by atoms with E-state index in [4.69, 9.17) is 33.2 Å². The summed E-state index contributed by atoms with van der Waals surface area (Å²) in [6, 6.07) is 0. The van der Waals surface area contributed by atoms with Gasteiger partial charge in [-0.05, 0) is 39.5 Å². The largest absolute Gasteiger partial charge is 0.393 e. The molecule has 9 nitrogen and oxygen atoms in total. The molecule has 0 aliphatic rings. The fourth-order valence-electron chi connectivity index (χ4n) is 3.49. The quantitative estimate of drug-likeness (QED) is 0.0498. The van der Waals surface area contributed by atoms with Crippen LogP contribution in [0, 0.1) is 0 Å². The molecule has 0 radical (unpaired) electrons. The molecule has 0 fully saturated rings. The second kappa shape index (κ2) is 27.9. The van der Waals surface area contributed by atoms with Gasteiger partial charge in [-0.2, -0.15) is 0 Å². The molecule has 0 aromatic rings. The molecule has 0 bridgehead atoms. The van der Waals surface area contributed by atoms with E-state index in [1.165, 1.54) is 0 Å². The summed E-state index contributed by atoms with van der Waals surface area (Å²) >= 11 is 0. The average molecular weight is 535 g/mol. The van der Waals surface area contributed by atoms with E-state index in [0.29, 0.717) is 26.1 Å². The summed E-state index contributed by atoms with van der Waals surface area (Å²) in [4.78, 5) is 23.7. The third-order valence-electron chi connectivity index (χ3n) is 6.00. The minimum Gasteiger partial charge on any atom is -0.393 e. The van der Waals surface area contributed by atoms with Gasteiger partial charge in [0.05, 0.1) is 0 Å². The zero-order valence-electron chi connectivity index (χ0n) is 24.0. The lowest BCUT2D eigenvalue weighted by Gasteiger charge is -2.10. The Hall–Kier alpha value is -1.10. The van der Waals surface area contributed by atoms with Crippen LogP contribution in [-0.4, -0.2) is 65.5 Å². The van der Waals surface area contributed by atoms with Gasteiger partial charge in [-0.3, -0.25) is 9.59 Å². The molecular weight excluding hydrogens is 480 g/mol. The van der Waals surface area contributed by atoms with Crippen LogP contribution < -0.4 is 0 Å². The van der Waals surface area contributed by atoms with Gasteiger partial charge >= 0.3 is 11.9 Å². The predicted octanol–water partition coefficient (Wildman–Crippen LogP) is 6.26. The lowest BCUT2D eigenvalue weighted by molar-refractivity contribution is -0.174. The van der Waals surface area contributed by atoms with Crippen molar-refractivity contribution in [2.75, 3.05) is 41.0 Å². The maximum Gasteiger partial charge on any atom is 0.313 e. The van der Waals surface area contributed by atoms with Crippen molar-refractivity contribution in [3.63, 3.8) is 0 Å². The SMILES string of the molecule is COC(C)OCOCCCCCCCCCC(=O)OC(=O)CCCCCCCCCOCOC(C)OC. The summed E-state index contributed by atoms with van der Waals surface area (Å²) in [6.45, 7) is 5.57. The Morgan fingerprint density at radius 3 is 1.19 bits per heavy atom. The number of unbranched alkanes of at least 4 members (excludes halogenated alkanes) is 12. The number of carbonyl (C=O) groups is 2. The van der Waals surface area contributed by atoms with Crippen LogP contribution in [0.4, 0.5) is 0 Å². The van der Waals surface area contributed by atoms with Gasteiger partial charge < -0.3 is 33.2 Å². The lowest BCUT2D eigenvalue weighted by Crippen LogP contribution is -2.13. The molecular formula is C28H54O9. The van der Waals surface area contributed by atoms with Crippen molar-refractivity contribution in [1.82, 2.24) is 0 Å². The summed E-state index contributed by atoms with van der Waals surface area (Å²) in [6.07, 6.45) is 14.7. The number of ether oxygens (including phenoxy) is 7. The van der Waals surface area contributed by atoms with Gasteiger partial charge in [-0.25, -0.2) is 0 Å². The second-order valence-electron chi connectivity index (χ2n) is 9.29. The molecule has 2 unspecified atom stereocenters. The molecule has 0 amide bonds. The van der Waals surface area contributed by atoms with Gasteiger partial charge in [-0.1, -0.05) is 64.2 Å². The summed E-state index contributed by atoms with van der Waals surface area (Å²) in [7, 11) is 3.20. The second-order valence-corrected chi connectivity index (χ2v) is 9.29. The number of esters is 2. The highest BCUT2D eigenvalue weighted by Crippen LogP contribution is 2.11. The molecule has 0 N–H and O–H groups in total. The number of carbonyl (C=O) groups excluding carboxylic acids is 2. The molecule has 0 spiro atoms. The predicted molar refractivity (Wildman–Crippen MR) is 142 cm³/mol. The normalized spacial score (nSPS) is 13.0. The first kappa shape index (κ1) is 35.9. The number of methoxy groups -OCH3 is 2. The first-order valence-electron chi connectivity index (χ1n) is 14.2. The zero-order valence-corrected chi connectivity index (χ0v) is 24.0. The molecule has 0 aliphatic carbocycles. The molecule has 37 heavy (non-hydrogen) atoms. The Bertz CT molecular complexity index is 472. The van der Waals surface area contributed by atoms with E-state index in [1.54, 1.807) is 14.2 Å². The summed E-state index contributed by atoms with van der Waals surface area (Å²) in [5, 5.41) is 0. The van der Waals surface area contributed by atoms with Crippen LogP contribution in [-0.2, 0) is 42.7 Å². The van der Waals surface area contributed by atoms with Crippen LogP contribution in [0.2, 0.25) is 0 Å². The molecule has 0 saturated heterocycles. The maximum absolute atomic E-state index is 11.8. The smallest absolute Gasteiger partial charge is 0.313 e. The Kier molecular flexibility index (Phi) is 27.1. The molecule has 0 aromatic carbocycles. The van der Waals surface area contributed by atoms with Crippen molar-refractivity contribution < 1.29 is 42.7 Å². The lowest BCUT2D eigenvalue weighted by atomic mass is 10.1. The molecule has 0 rings (SSSR count). The van der Waals surface area contributed by atoms with E-state index in [-0.39, 0.29) is 26.2 Å². The highest BCUT2D eigenvalue weighted by molar-refractivity contribution is 5.85. The minimum atomic E-state index is -0.392. The van der Waals surface area contributed by atoms with Gasteiger partial charge in [-0.15, -0.1) is 0 Å². The van der Waals surface area contributed by atoms with Crippen molar-refractivity contribution in [2.45, 2.75) is 129 Å². The monoisotopic (exact) mass is 534 g/mol. The van der Waals surface area contributed by atoms with Crippen LogP contribution in [0.3, 0.4) is 0 Å². The standard InChI is InChI=1S/C28H54O9/c1-25(31-3)35-23-33-21-17-13-9-5-7-11-15-19-27(29)37-28(30)20-16-12-8-6-10-14-18-22-34-24-36-26(2)32-4/h25-26H,5-24H2,1-4H3. The van der Waals surface area contributed by atoms with E-state index in [2.05, 4.69) is 0 Å². The van der Waals surface area contributed by atoms with E-state index >= 15 is 0 Å². The van der Waals surface area contributed by atoms with Crippen LogP contribution in [0.5, 0.6) is 0 Å². The molecule has 0 aromatic heterocycles. The van der Waals surface area contributed by atoms with Gasteiger partial charge in [0.25, 0.3) is 0 Å². The van der Waals surface area contributed by atoms with Crippen molar-refractivity contribution in [1.29, 1.82) is 0 Å². The molecule has 9 heteroatoms. The van der Waals surface area contributed by atoms with Gasteiger partial charge in [0, 0.05) is 40.3 Å². The van der Waals surface area contributed by atoms with Gasteiger partial charge in [0.15, 0.2) is 12.6 Å². The first-order valence-corrected chi connectivity index (χ1v) is 14.2. The highest BCUT2D eigenvalue weighted by atomic mass is 16.7. The summed E-state index contributed by atoms with van der Waals surface area (Å²) in [5.74, 6) is -0.784. The van der Waals surface area contributed by atoms with E-state index in [9.17, 15) is 9.59 Å². The van der Waals surface area contributed by atoms with Gasteiger partial charge in [0.1, 0.15) is 13.6 Å². The van der Waals surface area contributed by atoms with Crippen LogP contribution in [0.1, 0.15) is 117 Å². The fraction of sp³-hybridized carbons (Fsp3) is 0.929. The van der Waals surface area contributed by atoms with Gasteiger partial charge in [0.2, 0.25) is 0 Å². The Balaban J connectivity index is 3.33. The van der Waals surface area contributed by atoms with Crippen LogP contribution in [0.15, 0.2) is 0 Å². The van der Waals surface area contributed by atoms with Crippen molar-refractivity contribution in [2.24, 2.45) is 0 Å². The third-order valence-corrected chi connectivity index (χ3v) is 6.00. The third kappa shape index (κ3) is 27.7. The van der Waals surface area contributed by atoms with Crippen molar-refractivity contribution >= 4 is 11.9 Å². The highest BCUT2D eigenvalue weighted by Gasteiger charge is 2.10. The fourth-order valence-corrected chi connectivity index (χ4v) is 3.49. The molecule has 0 aliphatic heterocycles. The molecule has 220 valence electrons. The Labute approximate surface area is 225 Å². The van der Waals surface area contributed by atoms with E-state index in [1.807, 2.05) is 13.8 Å². The first-order chi connectivity index (χ1) is 18.0. The molecule has 0 heterocycles. The van der Waals surface area contributed by atoms with Crippen molar-refractivity contribution in [3.05, 3.63) is 0 Å². The number of hydrogen-bond acceptors (Lipinski definition) is 9. The maximum atomic E-state index is 11.8. The summed E-state index contributed by atoms with van der Waals surface area (Å²) < 4.78 is 36.2. The van der Waals surface area contributed by atoms with Crippen LogP contribution in [0.25, 0.3) is 0 Å². The molecule has 2 atom stereocenters. The average Bonchev–Trinajstić information content (AvgIpc) is 2.89. The van der Waals surface area contributed by atoms with E-state index in [0.717, 1.165) is 89.9 Å². The number of rotatable bonds is 28.